The molecule has 0 bridgehead atoms. The van der Waals surface area contributed by atoms with Crippen molar-refractivity contribution in [3.05, 3.63) is 35.4 Å². The highest BCUT2D eigenvalue weighted by atomic mass is 32.2. The van der Waals surface area contributed by atoms with Gasteiger partial charge in [-0.1, -0.05) is 24.3 Å². The molecule has 58 valence electrons. The van der Waals surface area contributed by atoms with Gasteiger partial charge in [0.2, 0.25) is 0 Å². The Kier molecular flexibility index (Phi) is 1.29. The lowest BCUT2D eigenvalue weighted by Gasteiger charge is -1.90. The highest BCUT2D eigenvalue weighted by molar-refractivity contribution is 7.90. The normalized spacial score (nSPS) is 19.6. The zero-order chi connectivity index (χ0) is 7.90. The van der Waals surface area contributed by atoms with Crippen molar-refractivity contribution < 1.29 is 8.42 Å². The Morgan fingerprint density at radius 2 is 1.64 bits per heavy atom. The number of hydrogen-bond acceptors (Lipinski definition) is 1. The Balaban J connectivity index is 2.57. The van der Waals surface area contributed by atoms with Gasteiger partial charge in [-0.3, -0.25) is 0 Å². The molecule has 0 amide bonds. The van der Waals surface area contributed by atoms with Crippen molar-refractivity contribution in [1.29, 1.82) is 0 Å². The molecule has 1 aromatic carbocycles. The highest BCUT2D eigenvalue weighted by Gasteiger charge is 2.28. The maximum atomic E-state index is 11.2. The van der Waals surface area contributed by atoms with Crippen LogP contribution in [-0.2, 0) is 21.3 Å². The van der Waals surface area contributed by atoms with Crippen LogP contribution in [0.15, 0.2) is 24.3 Å². The van der Waals surface area contributed by atoms with Crippen LogP contribution in [0.3, 0.4) is 0 Å². The third-order valence-corrected chi connectivity index (χ3v) is 3.40. The smallest absolute Gasteiger partial charge is 0.228 e. The lowest BCUT2D eigenvalue weighted by molar-refractivity contribution is 0.617. The summed E-state index contributed by atoms with van der Waals surface area (Å²) in [5, 5.41) is 0. The number of hydrogen-bond donors (Lipinski definition) is 0. The van der Waals surface area contributed by atoms with Crippen molar-refractivity contribution in [3.8, 4) is 0 Å². The fourth-order valence-corrected chi connectivity index (χ4v) is 3.01. The summed E-state index contributed by atoms with van der Waals surface area (Å²) in [7, 11) is -2.56. The van der Waals surface area contributed by atoms with E-state index >= 15 is 0 Å². The second kappa shape index (κ2) is 2.08. The number of fused-ring (bicyclic) bond motifs is 1. The molecule has 0 aliphatic carbocycles. The van der Waals surface area contributed by atoms with E-state index in [0.717, 1.165) is 11.1 Å². The van der Waals surface area contributed by atoms with Gasteiger partial charge in [0.05, 0.1) is 0 Å². The summed E-state index contributed by atoms with van der Waals surface area (Å²) in [5.41, 5.74) is 2.06. The summed E-state index contributed by atoms with van der Waals surface area (Å²) in [5.74, 6) is 0.673. The fraction of sp³-hybridized carbons (Fsp3) is 0.250. The molecule has 1 aliphatic heterocycles. The second-order valence-electron chi connectivity index (χ2n) is 2.83. The molecule has 1 aromatic rings. The zero-order valence-corrected chi connectivity index (χ0v) is 6.80. The van der Waals surface area contributed by atoms with Crippen LogP contribution in [0.25, 0.3) is 0 Å². The molecule has 0 saturated carbocycles. The highest BCUT2D eigenvalue weighted by Crippen LogP contribution is 2.23. The Morgan fingerprint density at radius 1 is 1.18 bits per heavy atom. The van der Waals surface area contributed by atoms with Crippen molar-refractivity contribution in [2.75, 3.05) is 0 Å². The van der Waals surface area contributed by atoms with Gasteiger partial charge in [0, 0.05) is 0 Å². The molecule has 2 rings (SSSR count). The molecule has 3 heteroatoms. The Bertz CT molecular complexity index is 348. The number of rotatable bonds is 0. The molecule has 0 radical (unpaired) electrons. The van der Waals surface area contributed by atoms with Gasteiger partial charge in [-0.15, -0.1) is 0 Å². The molecule has 0 saturated heterocycles. The SMILES string of the molecule is O=S1(=[OH+])Cc2ccccc2C1. The summed E-state index contributed by atoms with van der Waals surface area (Å²) in [4.78, 5) is 0. The predicted octanol–water partition coefficient (Wildman–Crippen LogP) is 1.27. The first-order chi connectivity index (χ1) is 5.17. The van der Waals surface area contributed by atoms with E-state index in [4.69, 9.17) is 0 Å². The zero-order valence-electron chi connectivity index (χ0n) is 5.99. The molecule has 0 aromatic heterocycles. The molecular formula is C8H9O2S+. The maximum absolute atomic E-state index is 11.2. The van der Waals surface area contributed by atoms with Crippen molar-refractivity contribution >= 4 is 9.84 Å². The van der Waals surface area contributed by atoms with Crippen LogP contribution in [0.5, 0.6) is 0 Å². The minimum Gasteiger partial charge on any atom is -0.228 e. The second-order valence-corrected chi connectivity index (χ2v) is 4.95. The lowest BCUT2D eigenvalue weighted by atomic mass is 10.1. The summed E-state index contributed by atoms with van der Waals surface area (Å²) in [6.07, 6.45) is 0. The first-order valence-electron chi connectivity index (χ1n) is 3.46. The average molecular weight is 169 g/mol. The van der Waals surface area contributed by atoms with E-state index in [-0.39, 0.29) is 0 Å². The van der Waals surface area contributed by atoms with Gasteiger partial charge in [-0.05, 0) is 11.1 Å². The molecule has 0 unspecified atom stereocenters. The quantitative estimate of drug-likeness (QED) is 0.539. The summed E-state index contributed by atoms with van der Waals surface area (Å²) in [6, 6.07) is 7.63. The van der Waals surface area contributed by atoms with Crippen molar-refractivity contribution in [2.24, 2.45) is 0 Å². The Morgan fingerprint density at radius 3 is 2.09 bits per heavy atom. The van der Waals surface area contributed by atoms with Gasteiger partial charge in [0.15, 0.2) is 0 Å². The summed E-state index contributed by atoms with van der Waals surface area (Å²) in [6.45, 7) is 0. The van der Waals surface area contributed by atoms with Crippen LogP contribution in [0.4, 0.5) is 0 Å². The van der Waals surface area contributed by atoms with E-state index in [1.807, 2.05) is 24.3 Å². The van der Waals surface area contributed by atoms with Gasteiger partial charge >= 0.3 is 0 Å². The molecule has 0 fully saturated rings. The topological polar surface area (TPSA) is 38.5 Å². The molecule has 0 spiro atoms. The van der Waals surface area contributed by atoms with E-state index in [1.165, 1.54) is 0 Å². The molecule has 1 N–H and O–H groups in total. The third-order valence-electron chi connectivity index (χ3n) is 1.88. The lowest BCUT2D eigenvalue weighted by Crippen LogP contribution is -1.94. The Hall–Kier alpha value is -0.830. The molecule has 2 nitrogen and oxygen atoms in total. The largest absolute Gasteiger partial charge is 0.281 e. The standard InChI is InChI=1S/C8H8O2S/c9-11(10)5-7-3-1-2-4-8(7)6-11/h1-4H,5-6H2/p+1. The van der Waals surface area contributed by atoms with Crippen LogP contribution in [0.1, 0.15) is 11.1 Å². The predicted molar refractivity (Wildman–Crippen MR) is 43.9 cm³/mol. The van der Waals surface area contributed by atoms with E-state index in [2.05, 4.69) is 0 Å². The van der Waals surface area contributed by atoms with Crippen LogP contribution in [-0.4, -0.2) is 8.42 Å². The van der Waals surface area contributed by atoms with Crippen molar-refractivity contribution in [2.45, 2.75) is 11.5 Å². The molecular weight excluding hydrogens is 160 g/mol. The van der Waals surface area contributed by atoms with Crippen molar-refractivity contribution in [3.63, 3.8) is 0 Å². The van der Waals surface area contributed by atoms with Crippen LogP contribution < -0.4 is 0 Å². The minimum absolute atomic E-state index is 0.336. The van der Waals surface area contributed by atoms with Crippen LogP contribution >= 0.6 is 0 Å². The molecule has 11 heavy (non-hydrogen) atoms. The van der Waals surface area contributed by atoms with E-state index in [0.29, 0.717) is 11.5 Å². The van der Waals surface area contributed by atoms with E-state index in [9.17, 15) is 8.42 Å². The minimum atomic E-state index is -2.56. The number of benzene rings is 1. The first kappa shape index (κ1) is 6.85. The van der Waals surface area contributed by atoms with Gasteiger partial charge in [0.25, 0.3) is 9.84 Å². The van der Waals surface area contributed by atoms with Gasteiger partial charge in [-0.2, -0.15) is 4.21 Å². The van der Waals surface area contributed by atoms with Gasteiger partial charge < -0.3 is 0 Å². The van der Waals surface area contributed by atoms with Crippen LogP contribution in [0, 0.1) is 0 Å². The monoisotopic (exact) mass is 169 g/mol. The van der Waals surface area contributed by atoms with Crippen molar-refractivity contribution in [1.82, 2.24) is 0 Å². The molecule has 1 heterocycles. The third kappa shape index (κ3) is 1.16. The fourth-order valence-electron chi connectivity index (χ4n) is 1.38. The molecule has 0 atom stereocenters. The Labute approximate surface area is 65.8 Å². The van der Waals surface area contributed by atoms with E-state index in [1.54, 1.807) is 0 Å². The maximum Gasteiger partial charge on any atom is 0.281 e. The van der Waals surface area contributed by atoms with Gasteiger partial charge in [-0.25, -0.2) is 4.21 Å². The average Bonchev–Trinajstić information content (AvgIpc) is 2.21. The van der Waals surface area contributed by atoms with E-state index < -0.39 is 9.84 Å². The van der Waals surface area contributed by atoms with Crippen LogP contribution in [0.2, 0.25) is 0 Å². The summed E-state index contributed by atoms with van der Waals surface area (Å²) >= 11 is 0. The van der Waals surface area contributed by atoms with Gasteiger partial charge in [0.1, 0.15) is 11.5 Å². The summed E-state index contributed by atoms with van der Waals surface area (Å²) < 4.78 is 20.4. The molecule has 1 aliphatic rings. The first-order valence-corrected chi connectivity index (χ1v) is 5.31.